The second-order valence-corrected chi connectivity index (χ2v) is 8.09. The number of hydrogen-bond acceptors (Lipinski definition) is 4. The number of ether oxygens (including phenoxy) is 1. The predicted octanol–water partition coefficient (Wildman–Crippen LogP) is 4.33. The van der Waals surface area contributed by atoms with Gasteiger partial charge in [0, 0.05) is 11.6 Å². The summed E-state index contributed by atoms with van der Waals surface area (Å²) in [5.41, 5.74) is 1.07. The smallest absolute Gasteiger partial charge is 0.262 e. The molecule has 0 fully saturated rings. The fourth-order valence-corrected chi connectivity index (χ4v) is 3.72. The van der Waals surface area contributed by atoms with E-state index in [-0.39, 0.29) is 16.3 Å². The molecule has 1 amide bonds. The summed E-state index contributed by atoms with van der Waals surface area (Å²) in [7, 11) is -2.85. The Morgan fingerprint density at radius 2 is 1.63 bits per heavy atom. The third kappa shape index (κ3) is 4.74. The third-order valence-electron chi connectivity index (χ3n) is 4.22. The van der Waals surface area contributed by atoms with E-state index in [0.29, 0.717) is 11.6 Å². The largest absolute Gasteiger partial charge is 0.495 e. The zero-order valence-corrected chi connectivity index (χ0v) is 16.9. The molecular formula is C21H18F2N2O4S. The molecule has 0 aliphatic rings. The van der Waals surface area contributed by atoms with E-state index in [2.05, 4.69) is 10.0 Å². The number of rotatable bonds is 6. The average Bonchev–Trinajstić information content (AvgIpc) is 2.70. The van der Waals surface area contributed by atoms with E-state index < -0.39 is 33.3 Å². The molecule has 0 spiro atoms. The Bertz CT molecular complexity index is 1200. The van der Waals surface area contributed by atoms with E-state index in [1.165, 1.54) is 25.3 Å². The lowest BCUT2D eigenvalue weighted by Gasteiger charge is -2.14. The standard InChI is InChI=1S/C21H18F2N2O4S/c1-13-3-5-14(6-4-13)21(26)24-19-12-16(8-10-20(19)29-2)30(27,28)25-18-9-7-15(22)11-17(18)23/h3-12,25H,1-2H3,(H,24,26). The number of methoxy groups -OCH3 is 1. The topological polar surface area (TPSA) is 84.5 Å². The molecule has 2 N–H and O–H groups in total. The number of sulfonamides is 1. The van der Waals surface area contributed by atoms with Crippen LogP contribution in [0.5, 0.6) is 5.75 Å². The zero-order valence-electron chi connectivity index (χ0n) is 16.1. The number of benzene rings is 3. The van der Waals surface area contributed by atoms with Crippen molar-refractivity contribution in [2.45, 2.75) is 11.8 Å². The highest BCUT2D eigenvalue weighted by Gasteiger charge is 2.20. The van der Waals surface area contributed by atoms with Crippen molar-refractivity contribution in [3.8, 4) is 5.75 Å². The summed E-state index contributed by atoms with van der Waals surface area (Å²) in [4.78, 5) is 12.3. The first-order valence-electron chi connectivity index (χ1n) is 8.73. The fourth-order valence-electron chi connectivity index (χ4n) is 2.63. The Kier molecular flexibility index (Phi) is 6.02. The summed E-state index contributed by atoms with van der Waals surface area (Å²) < 4.78 is 59.5. The van der Waals surface area contributed by atoms with Gasteiger partial charge < -0.3 is 10.1 Å². The van der Waals surface area contributed by atoms with E-state index in [1.807, 2.05) is 6.92 Å². The van der Waals surface area contributed by atoms with E-state index in [1.54, 1.807) is 24.3 Å². The van der Waals surface area contributed by atoms with Crippen molar-refractivity contribution in [3.63, 3.8) is 0 Å². The number of amides is 1. The molecule has 0 saturated carbocycles. The molecule has 6 nitrogen and oxygen atoms in total. The highest BCUT2D eigenvalue weighted by Crippen LogP contribution is 2.29. The number of nitrogens with one attached hydrogen (secondary N) is 2. The molecule has 0 atom stereocenters. The van der Waals surface area contributed by atoms with Crippen LogP contribution in [0, 0.1) is 18.6 Å². The van der Waals surface area contributed by atoms with Crippen LogP contribution < -0.4 is 14.8 Å². The Morgan fingerprint density at radius 3 is 2.27 bits per heavy atom. The molecule has 0 heterocycles. The lowest BCUT2D eigenvalue weighted by Crippen LogP contribution is -2.16. The minimum atomic E-state index is -4.22. The Balaban J connectivity index is 1.91. The van der Waals surface area contributed by atoms with Gasteiger partial charge in [0.25, 0.3) is 15.9 Å². The average molecular weight is 432 g/mol. The number of aryl methyl sites for hydroxylation is 1. The number of halogens is 2. The molecule has 9 heteroatoms. The summed E-state index contributed by atoms with van der Waals surface area (Å²) in [6.45, 7) is 1.88. The van der Waals surface area contributed by atoms with Crippen molar-refractivity contribution >= 4 is 27.3 Å². The lowest BCUT2D eigenvalue weighted by atomic mass is 10.1. The maximum Gasteiger partial charge on any atom is 0.262 e. The maximum atomic E-state index is 13.8. The highest BCUT2D eigenvalue weighted by molar-refractivity contribution is 7.92. The molecule has 0 aliphatic carbocycles. The number of carbonyl (C=O) groups excluding carboxylic acids is 1. The molecule has 156 valence electrons. The maximum absolute atomic E-state index is 13.8. The fraction of sp³-hybridized carbons (Fsp3) is 0.0952. The van der Waals surface area contributed by atoms with Crippen molar-refractivity contribution in [1.29, 1.82) is 0 Å². The molecule has 0 unspecified atom stereocenters. The molecule has 3 aromatic rings. The predicted molar refractivity (Wildman–Crippen MR) is 109 cm³/mol. The second-order valence-electron chi connectivity index (χ2n) is 6.41. The first-order valence-corrected chi connectivity index (χ1v) is 10.2. The summed E-state index contributed by atoms with van der Waals surface area (Å²) in [5.74, 6) is -2.11. The molecule has 0 bridgehead atoms. The molecular weight excluding hydrogens is 414 g/mol. The van der Waals surface area contributed by atoms with Gasteiger partial charge in [0.15, 0.2) is 0 Å². The van der Waals surface area contributed by atoms with Gasteiger partial charge in [0.2, 0.25) is 0 Å². The van der Waals surface area contributed by atoms with Gasteiger partial charge >= 0.3 is 0 Å². The quantitative estimate of drug-likeness (QED) is 0.607. The summed E-state index contributed by atoms with van der Waals surface area (Å²) in [6.07, 6.45) is 0. The SMILES string of the molecule is COc1ccc(S(=O)(=O)Nc2ccc(F)cc2F)cc1NC(=O)c1ccc(C)cc1. The van der Waals surface area contributed by atoms with Crippen LogP contribution in [0.25, 0.3) is 0 Å². The molecule has 3 rings (SSSR count). The van der Waals surface area contributed by atoms with Crippen molar-refractivity contribution in [1.82, 2.24) is 0 Å². The van der Waals surface area contributed by atoms with E-state index in [0.717, 1.165) is 17.7 Å². The molecule has 0 aliphatic heterocycles. The van der Waals surface area contributed by atoms with Crippen molar-refractivity contribution in [2.75, 3.05) is 17.1 Å². The van der Waals surface area contributed by atoms with Crippen LogP contribution in [-0.4, -0.2) is 21.4 Å². The molecule has 0 aromatic heterocycles. The molecule has 3 aromatic carbocycles. The minimum Gasteiger partial charge on any atom is -0.495 e. The van der Waals surface area contributed by atoms with E-state index in [9.17, 15) is 22.0 Å². The van der Waals surface area contributed by atoms with E-state index in [4.69, 9.17) is 4.74 Å². The number of carbonyl (C=O) groups is 1. The van der Waals surface area contributed by atoms with Gasteiger partial charge in [-0.25, -0.2) is 17.2 Å². The number of hydrogen-bond donors (Lipinski definition) is 2. The minimum absolute atomic E-state index is 0.116. The van der Waals surface area contributed by atoms with Gasteiger partial charge in [-0.15, -0.1) is 0 Å². The van der Waals surface area contributed by atoms with Crippen LogP contribution >= 0.6 is 0 Å². The third-order valence-corrected chi connectivity index (χ3v) is 5.58. The summed E-state index contributed by atoms with van der Waals surface area (Å²) in [5, 5.41) is 2.61. The highest BCUT2D eigenvalue weighted by atomic mass is 32.2. The lowest BCUT2D eigenvalue weighted by molar-refractivity contribution is 0.102. The van der Waals surface area contributed by atoms with Crippen LogP contribution in [0.2, 0.25) is 0 Å². The first kappa shape index (κ1) is 21.3. The van der Waals surface area contributed by atoms with E-state index >= 15 is 0 Å². The van der Waals surface area contributed by atoms with Gasteiger partial charge in [-0.2, -0.15) is 0 Å². The first-order chi connectivity index (χ1) is 14.2. The van der Waals surface area contributed by atoms with Crippen LogP contribution in [0.1, 0.15) is 15.9 Å². The van der Waals surface area contributed by atoms with Gasteiger partial charge in [0.05, 0.1) is 23.4 Å². The normalized spacial score (nSPS) is 11.1. The Morgan fingerprint density at radius 1 is 0.933 bits per heavy atom. The van der Waals surface area contributed by atoms with Gasteiger partial charge in [0.1, 0.15) is 17.4 Å². The van der Waals surface area contributed by atoms with Crippen LogP contribution in [0.15, 0.2) is 65.6 Å². The van der Waals surface area contributed by atoms with Crippen LogP contribution in [0.4, 0.5) is 20.2 Å². The summed E-state index contributed by atoms with van der Waals surface area (Å²) in [6, 6.07) is 13.1. The zero-order chi connectivity index (χ0) is 21.9. The van der Waals surface area contributed by atoms with Gasteiger partial charge in [-0.1, -0.05) is 17.7 Å². The molecule has 30 heavy (non-hydrogen) atoms. The van der Waals surface area contributed by atoms with Crippen LogP contribution in [-0.2, 0) is 10.0 Å². The Labute approximate surface area is 172 Å². The monoisotopic (exact) mass is 432 g/mol. The van der Waals surface area contributed by atoms with Crippen molar-refractivity contribution in [3.05, 3.63) is 83.4 Å². The number of anilines is 2. The Hall–Kier alpha value is -3.46. The van der Waals surface area contributed by atoms with Gasteiger partial charge in [-0.05, 0) is 49.4 Å². The molecule has 0 radical (unpaired) electrons. The van der Waals surface area contributed by atoms with Crippen molar-refractivity contribution < 1.29 is 26.7 Å². The van der Waals surface area contributed by atoms with Crippen LogP contribution in [0.3, 0.4) is 0 Å². The summed E-state index contributed by atoms with van der Waals surface area (Å²) >= 11 is 0. The van der Waals surface area contributed by atoms with Crippen molar-refractivity contribution in [2.24, 2.45) is 0 Å². The van der Waals surface area contributed by atoms with Gasteiger partial charge in [-0.3, -0.25) is 9.52 Å². The second kappa shape index (κ2) is 8.50. The molecule has 0 saturated heterocycles.